The molecule has 37 heavy (non-hydrogen) atoms. The molecule has 3 amide bonds. The zero-order chi connectivity index (χ0) is 26.6. The Bertz CT molecular complexity index is 1110. The molecule has 1 atom stereocenters. The first-order chi connectivity index (χ1) is 17.6. The summed E-state index contributed by atoms with van der Waals surface area (Å²) in [7, 11) is 1.70. The van der Waals surface area contributed by atoms with Gasteiger partial charge in [-0.2, -0.15) is 0 Å². The summed E-state index contributed by atoms with van der Waals surface area (Å²) in [5.41, 5.74) is 1.64. The first kappa shape index (κ1) is 26.5. The van der Waals surface area contributed by atoms with Crippen LogP contribution in [0.1, 0.15) is 52.9 Å². The highest BCUT2D eigenvalue weighted by molar-refractivity contribution is 6.08. The van der Waals surface area contributed by atoms with E-state index in [4.69, 9.17) is 4.74 Å². The number of amides is 3. The Morgan fingerprint density at radius 3 is 2.24 bits per heavy atom. The molecule has 0 radical (unpaired) electrons. The second-order valence-electron chi connectivity index (χ2n) is 10.8. The van der Waals surface area contributed by atoms with E-state index in [9.17, 15) is 14.4 Å². The van der Waals surface area contributed by atoms with Gasteiger partial charge in [0.2, 0.25) is 5.91 Å². The van der Waals surface area contributed by atoms with Crippen molar-refractivity contribution >= 4 is 35.0 Å². The highest BCUT2D eigenvalue weighted by Gasteiger charge is 2.39. The molecule has 1 aliphatic heterocycles. The lowest BCUT2D eigenvalue weighted by Crippen LogP contribution is -2.55. The van der Waals surface area contributed by atoms with Crippen LogP contribution in [0, 0.1) is 0 Å². The Balaban J connectivity index is 1.68. The largest absolute Gasteiger partial charge is 0.444 e. The fraction of sp³-hybridized carbons (Fsp3) is 0.483. The maximum absolute atomic E-state index is 14.0. The molecule has 2 aliphatic rings. The number of hydrogen-bond acceptors (Lipinski definition) is 5. The van der Waals surface area contributed by atoms with E-state index in [1.807, 2.05) is 54.6 Å². The minimum atomic E-state index is -0.862. The van der Waals surface area contributed by atoms with Gasteiger partial charge in [-0.05, 0) is 57.9 Å². The molecule has 0 aromatic heterocycles. The number of fused-ring (bicyclic) bond motifs is 1. The van der Waals surface area contributed by atoms with Crippen molar-refractivity contribution in [3.63, 3.8) is 0 Å². The number of rotatable bonds is 5. The maximum Gasteiger partial charge on any atom is 0.408 e. The van der Waals surface area contributed by atoms with Crippen molar-refractivity contribution in [2.24, 2.45) is 0 Å². The van der Waals surface area contributed by atoms with E-state index in [2.05, 4.69) is 10.2 Å². The van der Waals surface area contributed by atoms with Crippen LogP contribution in [0.5, 0.6) is 0 Å². The second-order valence-corrected chi connectivity index (χ2v) is 10.8. The van der Waals surface area contributed by atoms with Crippen molar-refractivity contribution in [2.45, 2.75) is 70.6 Å². The lowest BCUT2D eigenvalue weighted by molar-refractivity contribution is -0.123. The monoisotopic (exact) mass is 506 g/mol. The van der Waals surface area contributed by atoms with Crippen molar-refractivity contribution in [3.8, 4) is 0 Å². The van der Waals surface area contributed by atoms with Gasteiger partial charge in [0.25, 0.3) is 5.91 Å². The van der Waals surface area contributed by atoms with Gasteiger partial charge < -0.3 is 19.9 Å². The zero-order valence-corrected chi connectivity index (χ0v) is 22.3. The van der Waals surface area contributed by atoms with Crippen molar-refractivity contribution in [1.82, 2.24) is 5.32 Å². The third-order valence-corrected chi connectivity index (χ3v) is 6.94. The molecule has 1 unspecified atom stereocenters. The Morgan fingerprint density at radius 1 is 0.973 bits per heavy atom. The smallest absolute Gasteiger partial charge is 0.408 e. The lowest BCUT2D eigenvalue weighted by Gasteiger charge is -2.37. The van der Waals surface area contributed by atoms with Gasteiger partial charge in [0.1, 0.15) is 18.2 Å². The van der Waals surface area contributed by atoms with Crippen LogP contribution in [-0.4, -0.2) is 55.7 Å². The van der Waals surface area contributed by atoms with Crippen LogP contribution >= 0.6 is 0 Å². The van der Waals surface area contributed by atoms with Crippen LogP contribution in [0.3, 0.4) is 0 Å². The van der Waals surface area contributed by atoms with Gasteiger partial charge in [0.05, 0.1) is 11.4 Å². The van der Waals surface area contributed by atoms with E-state index in [1.54, 1.807) is 32.7 Å². The summed E-state index contributed by atoms with van der Waals surface area (Å²) in [5, 5.41) is 2.81. The fourth-order valence-electron chi connectivity index (χ4n) is 5.11. The molecule has 1 saturated carbocycles. The number of nitrogens with zero attached hydrogens (tertiary/aromatic N) is 3. The van der Waals surface area contributed by atoms with Crippen molar-refractivity contribution in [2.75, 3.05) is 34.8 Å². The van der Waals surface area contributed by atoms with Crippen LogP contribution in [-0.2, 0) is 14.3 Å². The van der Waals surface area contributed by atoms with Crippen molar-refractivity contribution in [3.05, 3.63) is 54.6 Å². The summed E-state index contributed by atoms with van der Waals surface area (Å²) >= 11 is 0. The minimum absolute atomic E-state index is 0.147. The van der Waals surface area contributed by atoms with Gasteiger partial charge >= 0.3 is 6.09 Å². The third kappa shape index (κ3) is 6.42. The van der Waals surface area contributed by atoms with E-state index in [0.29, 0.717) is 12.2 Å². The quantitative estimate of drug-likeness (QED) is 0.634. The summed E-state index contributed by atoms with van der Waals surface area (Å²) in [4.78, 5) is 45.5. The summed E-state index contributed by atoms with van der Waals surface area (Å²) in [6.07, 6.45) is 4.87. The maximum atomic E-state index is 14.0. The standard InChI is InChI=1S/C29H38N4O4/c1-29(2,3)37-28(36)30-23-19-32(22-15-9-6-10-16-22)24-17-11-12-18-25(24)33(27(23)35)20-26(34)31(4)21-13-7-5-8-14-21/h5,7-8,11-14,17-18,22-23H,6,9-10,15-16,19-20H2,1-4H3,(H,30,36). The molecule has 8 heteroatoms. The molecule has 1 heterocycles. The summed E-state index contributed by atoms with van der Waals surface area (Å²) < 4.78 is 5.49. The number of hydrogen-bond donors (Lipinski definition) is 1. The summed E-state index contributed by atoms with van der Waals surface area (Å²) in [6.45, 7) is 5.54. The number of alkyl carbamates (subject to hydrolysis) is 1. The Labute approximate surface area is 219 Å². The third-order valence-electron chi connectivity index (χ3n) is 6.94. The summed E-state index contributed by atoms with van der Waals surface area (Å²) in [6, 6.07) is 16.5. The molecule has 0 saturated heterocycles. The first-order valence-electron chi connectivity index (χ1n) is 13.1. The van der Waals surface area contributed by atoms with Gasteiger partial charge in [-0.25, -0.2) is 4.79 Å². The Kier molecular flexibility index (Phi) is 8.05. The normalized spacial score (nSPS) is 18.6. The van der Waals surface area contributed by atoms with Gasteiger partial charge in [-0.1, -0.05) is 49.6 Å². The molecule has 2 aromatic rings. The van der Waals surface area contributed by atoms with Gasteiger partial charge in [0.15, 0.2) is 0 Å². The van der Waals surface area contributed by atoms with E-state index >= 15 is 0 Å². The predicted octanol–water partition coefficient (Wildman–Crippen LogP) is 4.73. The molecule has 4 rings (SSSR count). The highest BCUT2D eigenvalue weighted by Crippen LogP contribution is 2.37. The van der Waals surface area contributed by atoms with Gasteiger partial charge in [0, 0.05) is 25.3 Å². The molecule has 8 nitrogen and oxygen atoms in total. The Hall–Kier alpha value is -3.55. The number of carbonyl (C=O) groups excluding carboxylic acids is 3. The Morgan fingerprint density at radius 2 is 1.59 bits per heavy atom. The van der Waals surface area contributed by atoms with Crippen LogP contribution in [0.4, 0.5) is 21.9 Å². The number of para-hydroxylation sites is 3. The second kappa shape index (κ2) is 11.2. The molecule has 0 bridgehead atoms. The van der Waals surface area contributed by atoms with Gasteiger partial charge in [-0.15, -0.1) is 0 Å². The minimum Gasteiger partial charge on any atom is -0.444 e. The highest BCUT2D eigenvalue weighted by atomic mass is 16.6. The number of anilines is 3. The number of ether oxygens (including phenoxy) is 1. The zero-order valence-electron chi connectivity index (χ0n) is 22.3. The number of likely N-dealkylation sites (N-methyl/N-ethyl adjacent to an activating group) is 1. The molecular weight excluding hydrogens is 468 g/mol. The number of carbonyl (C=O) groups is 3. The molecule has 2 aromatic carbocycles. The predicted molar refractivity (Wildman–Crippen MR) is 146 cm³/mol. The van der Waals surface area contributed by atoms with Crippen LogP contribution in [0.15, 0.2) is 54.6 Å². The topological polar surface area (TPSA) is 82.2 Å². The van der Waals surface area contributed by atoms with E-state index in [1.165, 1.54) is 11.3 Å². The summed E-state index contributed by atoms with van der Waals surface area (Å²) in [5.74, 6) is -0.553. The molecule has 198 valence electrons. The van der Waals surface area contributed by atoms with Crippen LogP contribution < -0.4 is 20.0 Å². The first-order valence-corrected chi connectivity index (χ1v) is 13.1. The average Bonchev–Trinajstić information content (AvgIpc) is 2.99. The van der Waals surface area contributed by atoms with Crippen LogP contribution in [0.25, 0.3) is 0 Å². The van der Waals surface area contributed by atoms with Gasteiger partial charge in [-0.3, -0.25) is 14.5 Å². The SMILES string of the molecule is CN(C(=O)CN1C(=O)C(NC(=O)OC(C)(C)C)CN(C2CCCCC2)c2ccccc21)c1ccccc1. The molecule has 1 fully saturated rings. The average molecular weight is 507 g/mol. The van der Waals surface area contributed by atoms with Crippen molar-refractivity contribution < 1.29 is 19.1 Å². The molecular formula is C29H38N4O4. The molecule has 0 spiro atoms. The van der Waals surface area contributed by atoms with E-state index in [0.717, 1.165) is 37.1 Å². The number of benzene rings is 2. The van der Waals surface area contributed by atoms with Crippen LogP contribution in [0.2, 0.25) is 0 Å². The number of nitrogens with one attached hydrogen (secondary N) is 1. The van der Waals surface area contributed by atoms with Crippen molar-refractivity contribution in [1.29, 1.82) is 0 Å². The fourth-order valence-corrected chi connectivity index (χ4v) is 5.11. The molecule has 1 aliphatic carbocycles. The van der Waals surface area contributed by atoms with E-state index in [-0.39, 0.29) is 24.4 Å². The van der Waals surface area contributed by atoms with E-state index < -0.39 is 17.7 Å². The lowest BCUT2D eigenvalue weighted by atomic mass is 9.93. The molecule has 1 N–H and O–H groups in total.